The van der Waals surface area contributed by atoms with Crippen molar-refractivity contribution < 1.29 is 33.2 Å². The number of anilines is 2. The maximum atomic E-state index is 12.6. The number of ether oxygens (including phenoxy) is 6. The molecule has 3 heterocycles. The Labute approximate surface area is 332 Å². The van der Waals surface area contributed by atoms with Crippen LogP contribution in [0.4, 0.5) is 11.8 Å². The Morgan fingerprint density at radius 3 is 2.46 bits per heavy atom. The molecule has 2 aromatic heterocycles. The SMILES string of the molecule is CCCCCNc1nc(N)nc2ccn(Cc3ccc(COCCOCCOCCOCCN4CCN(C(=O)COC5C#CCCCCC5)CC4)cc3OC)c12. The Kier molecular flexibility index (Phi) is 19.0. The van der Waals surface area contributed by atoms with Crippen LogP contribution in [0.25, 0.3) is 11.0 Å². The molecule has 1 amide bonds. The fourth-order valence-corrected chi connectivity index (χ4v) is 6.78. The summed E-state index contributed by atoms with van der Waals surface area (Å²) in [4.78, 5) is 25.8. The number of nitrogens with two attached hydrogens (primary N) is 1. The van der Waals surface area contributed by atoms with Crippen molar-refractivity contribution in [2.24, 2.45) is 0 Å². The number of nitrogens with one attached hydrogen (secondary N) is 1. The highest BCUT2D eigenvalue weighted by Crippen LogP contribution is 2.27. The van der Waals surface area contributed by atoms with Gasteiger partial charge in [-0.15, -0.1) is 5.92 Å². The molecule has 2 aliphatic rings. The molecule has 56 heavy (non-hydrogen) atoms. The largest absolute Gasteiger partial charge is 0.496 e. The number of methoxy groups -OCH3 is 1. The van der Waals surface area contributed by atoms with Crippen LogP contribution in [0, 0.1) is 11.8 Å². The van der Waals surface area contributed by atoms with Gasteiger partial charge in [0.25, 0.3) is 0 Å². The summed E-state index contributed by atoms with van der Waals surface area (Å²) in [5.74, 6) is 8.21. The van der Waals surface area contributed by atoms with Crippen molar-refractivity contribution in [2.45, 2.75) is 77.5 Å². The van der Waals surface area contributed by atoms with Gasteiger partial charge in [-0.3, -0.25) is 9.69 Å². The minimum atomic E-state index is -0.110. The van der Waals surface area contributed by atoms with Crippen molar-refractivity contribution in [3.05, 3.63) is 41.6 Å². The highest BCUT2D eigenvalue weighted by atomic mass is 16.6. The molecule has 1 saturated heterocycles. The summed E-state index contributed by atoms with van der Waals surface area (Å²) in [7, 11) is 1.69. The third-order valence-electron chi connectivity index (χ3n) is 9.99. The van der Waals surface area contributed by atoms with Crippen LogP contribution in [0.1, 0.15) is 69.4 Å². The van der Waals surface area contributed by atoms with Crippen molar-refractivity contribution in [2.75, 3.05) is 110 Å². The molecule has 308 valence electrons. The molecule has 0 saturated carbocycles. The average Bonchev–Trinajstić information content (AvgIpc) is 3.60. The quantitative estimate of drug-likeness (QED) is 0.0906. The van der Waals surface area contributed by atoms with Crippen molar-refractivity contribution in [3.63, 3.8) is 0 Å². The van der Waals surface area contributed by atoms with Gasteiger partial charge in [0.05, 0.1) is 72.0 Å². The van der Waals surface area contributed by atoms with Gasteiger partial charge in [-0.2, -0.15) is 4.98 Å². The number of carbonyl (C=O) groups excluding carboxylic acids is 1. The molecule has 1 unspecified atom stereocenters. The minimum absolute atomic E-state index is 0.0586. The third-order valence-corrected chi connectivity index (χ3v) is 9.99. The molecule has 1 atom stereocenters. The lowest BCUT2D eigenvalue weighted by atomic mass is 10.1. The number of hydrogen-bond acceptors (Lipinski definition) is 12. The molecule has 3 aromatic rings. The first kappa shape index (κ1) is 43.2. The van der Waals surface area contributed by atoms with Crippen LogP contribution in [0.3, 0.4) is 0 Å². The highest BCUT2D eigenvalue weighted by molar-refractivity contribution is 5.87. The number of aromatic nitrogens is 3. The molecule has 0 radical (unpaired) electrons. The molecule has 3 N–H and O–H groups in total. The van der Waals surface area contributed by atoms with Crippen LogP contribution in [0.5, 0.6) is 5.75 Å². The first-order chi connectivity index (χ1) is 27.5. The zero-order chi connectivity index (χ0) is 39.2. The number of piperazine rings is 1. The summed E-state index contributed by atoms with van der Waals surface area (Å²) in [5, 5.41) is 3.46. The van der Waals surface area contributed by atoms with Crippen molar-refractivity contribution in [3.8, 4) is 17.6 Å². The Morgan fingerprint density at radius 2 is 1.70 bits per heavy atom. The summed E-state index contributed by atoms with van der Waals surface area (Å²) >= 11 is 0. The van der Waals surface area contributed by atoms with Gasteiger partial charge in [-0.05, 0) is 43.4 Å². The summed E-state index contributed by atoms with van der Waals surface area (Å²) in [5.41, 5.74) is 9.80. The van der Waals surface area contributed by atoms with Gasteiger partial charge >= 0.3 is 0 Å². The molecule has 0 bridgehead atoms. The molecule has 1 fully saturated rings. The maximum Gasteiger partial charge on any atom is 0.248 e. The number of amides is 1. The lowest BCUT2D eigenvalue weighted by molar-refractivity contribution is -0.139. The standard InChI is InChI=1S/C42H63N7O7/c1-3-4-10-16-44-41-40-37(45-42(43)46-41)15-17-49(40)31-35-14-13-34(30-38(35)51-2)32-55-29-28-54-27-26-53-25-24-52-23-22-47-18-20-48(21-19-47)39(50)33-56-36-11-8-6-5-7-9-12-36/h13-15,17,30,36H,3-8,10-11,16,18-29,31-33H2,1-2H3,(H3,43,44,45,46). The van der Waals surface area contributed by atoms with E-state index in [4.69, 9.17) is 34.2 Å². The zero-order valence-electron chi connectivity index (χ0n) is 33.6. The second-order valence-electron chi connectivity index (χ2n) is 14.2. The van der Waals surface area contributed by atoms with E-state index in [0.717, 1.165) is 105 Å². The number of rotatable bonds is 25. The van der Waals surface area contributed by atoms with Gasteiger partial charge in [0.15, 0.2) is 5.82 Å². The van der Waals surface area contributed by atoms with Crippen molar-refractivity contribution >= 4 is 28.7 Å². The average molecular weight is 778 g/mol. The molecule has 1 aromatic carbocycles. The molecular weight excluding hydrogens is 715 g/mol. The lowest BCUT2D eigenvalue weighted by Crippen LogP contribution is -2.50. The molecule has 1 aliphatic heterocycles. The summed E-state index contributed by atoms with van der Waals surface area (Å²) in [6.45, 7) is 11.8. The number of hydrogen-bond donors (Lipinski definition) is 2. The number of nitrogen functional groups attached to an aromatic ring is 1. The monoisotopic (exact) mass is 777 g/mol. The third kappa shape index (κ3) is 14.5. The Morgan fingerprint density at radius 1 is 0.929 bits per heavy atom. The van der Waals surface area contributed by atoms with E-state index in [1.54, 1.807) is 7.11 Å². The van der Waals surface area contributed by atoms with Gasteiger partial charge in [0, 0.05) is 57.4 Å². The number of carbonyl (C=O) groups is 1. The second kappa shape index (κ2) is 24.6. The van der Waals surface area contributed by atoms with E-state index in [2.05, 4.69) is 55.6 Å². The first-order valence-electron chi connectivity index (χ1n) is 20.5. The number of nitrogens with zero attached hydrogens (tertiary/aromatic N) is 5. The number of fused-ring (bicyclic) bond motifs is 1. The van der Waals surface area contributed by atoms with Gasteiger partial charge in [-0.1, -0.05) is 44.2 Å². The summed E-state index contributed by atoms with van der Waals surface area (Å²) in [6, 6.07) is 8.13. The summed E-state index contributed by atoms with van der Waals surface area (Å²) in [6.07, 6.45) is 10.6. The highest BCUT2D eigenvalue weighted by Gasteiger charge is 2.22. The number of benzene rings is 1. The normalized spacial score (nSPS) is 16.3. The van der Waals surface area contributed by atoms with Gasteiger partial charge < -0.3 is 48.9 Å². The molecule has 1 aliphatic carbocycles. The maximum absolute atomic E-state index is 12.6. The Bertz CT molecular complexity index is 1670. The van der Waals surface area contributed by atoms with Crippen molar-refractivity contribution in [1.29, 1.82) is 0 Å². The predicted octanol–water partition coefficient (Wildman–Crippen LogP) is 4.74. The smallest absolute Gasteiger partial charge is 0.248 e. The molecule has 14 nitrogen and oxygen atoms in total. The first-order valence-corrected chi connectivity index (χ1v) is 20.5. The van der Waals surface area contributed by atoms with E-state index < -0.39 is 0 Å². The topological polar surface area (TPSA) is 148 Å². The minimum Gasteiger partial charge on any atom is -0.496 e. The van der Waals surface area contributed by atoms with E-state index in [0.29, 0.717) is 72.5 Å². The summed E-state index contributed by atoms with van der Waals surface area (Å²) < 4.78 is 36.7. The van der Waals surface area contributed by atoms with Gasteiger partial charge in [-0.25, -0.2) is 4.98 Å². The van der Waals surface area contributed by atoms with Crippen LogP contribution in [0.2, 0.25) is 0 Å². The van der Waals surface area contributed by atoms with Crippen LogP contribution < -0.4 is 15.8 Å². The zero-order valence-corrected chi connectivity index (χ0v) is 33.6. The van der Waals surface area contributed by atoms with Crippen LogP contribution in [-0.4, -0.2) is 136 Å². The van der Waals surface area contributed by atoms with E-state index >= 15 is 0 Å². The van der Waals surface area contributed by atoms with Gasteiger partial charge in [0.2, 0.25) is 11.9 Å². The molecule has 5 rings (SSSR count). The van der Waals surface area contributed by atoms with E-state index in [1.165, 1.54) is 6.42 Å². The predicted molar refractivity (Wildman–Crippen MR) is 218 cm³/mol. The van der Waals surface area contributed by atoms with Gasteiger partial charge in [0.1, 0.15) is 24.0 Å². The Hall–Kier alpha value is -3.97. The molecule has 0 spiro atoms. The fraction of sp³-hybridized carbons (Fsp3) is 0.643. The Balaban J connectivity index is 0.872. The molecular formula is C42H63N7O7. The molecule has 14 heteroatoms. The second-order valence-corrected chi connectivity index (χ2v) is 14.2. The van der Waals surface area contributed by atoms with E-state index in [1.807, 2.05) is 23.2 Å². The van der Waals surface area contributed by atoms with E-state index in [9.17, 15) is 4.79 Å². The van der Waals surface area contributed by atoms with Crippen LogP contribution in [0.15, 0.2) is 30.5 Å². The number of unbranched alkanes of at least 4 members (excludes halogenated alkanes) is 2. The van der Waals surface area contributed by atoms with Crippen molar-refractivity contribution in [1.82, 2.24) is 24.3 Å². The fourth-order valence-electron chi connectivity index (χ4n) is 6.78. The van der Waals surface area contributed by atoms with E-state index in [-0.39, 0.29) is 24.6 Å². The van der Waals surface area contributed by atoms with Crippen LogP contribution in [-0.2, 0) is 41.6 Å². The van der Waals surface area contributed by atoms with Crippen LogP contribution >= 0.6 is 0 Å². The lowest BCUT2D eigenvalue weighted by Gasteiger charge is -2.34.